The Kier molecular flexibility index (Phi) is 7.41. The topological polar surface area (TPSA) is 52.7 Å². The van der Waals surface area contributed by atoms with Crippen LogP contribution in [0.3, 0.4) is 0 Å². The Hall–Kier alpha value is -2.77. The van der Waals surface area contributed by atoms with E-state index in [1.54, 1.807) is 17.0 Å². The lowest BCUT2D eigenvalue weighted by atomic mass is 10.1. The van der Waals surface area contributed by atoms with Crippen LogP contribution in [0.2, 0.25) is 5.02 Å². The Labute approximate surface area is 185 Å². The summed E-state index contributed by atoms with van der Waals surface area (Å²) in [4.78, 5) is 28.1. The molecule has 0 bridgehead atoms. The van der Waals surface area contributed by atoms with Gasteiger partial charge < -0.3 is 10.2 Å². The van der Waals surface area contributed by atoms with E-state index in [9.17, 15) is 18.4 Å². The van der Waals surface area contributed by atoms with E-state index in [0.717, 1.165) is 5.56 Å². The summed E-state index contributed by atoms with van der Waals surface area (Å²) in [6, 6.07) is 8.89. The number of anilines is 1. The van der Waals surface area contributed by atoms with E-state index >= 15 is 0 Å². The summed E-state index contributed by atoms with van der Waals surface area (Å²) in [7, 11) is 0. The molecule has 2 aromatic carbocycles. The normalized spacial score (nSPS) is 17.2. The summed E-state index contributed by atoms with van der Waals surface area (Å²) in [5.74, 6) is -1.42. The van der Waals surface area contributed by atoms with Crippen LogP contribution in [0.4, 0.5) is 14.5 Å². The average Bonchev–Trinajstić information content (AvgIpc) is 2.71. The minimum Gasteiger partial charge on any atom is -0.334 e. The van der Waals surface area contributed by atoms with Crippen molar-refractivity contribution in [1.29, 1.82) is 0 Å². The third kappa shape index (κ3) is 6.12. The second-order valence-corrected chi connectivity index (χ2v) is 8.02. The zero-order chi connectivity index (χ0) is 22.5. The molecule has 1 atom stereocenters. The number of rotatable bonds is 5. The fourth-order valence-corrected chi connectivity index (χ4v) is 3.77. The van der Waals surface area contributed by atoms with Crippen LogP contribution in [-0.2, 0) is 16.1 Å². The standard InChI is InChI=1S/C23H24ClF2N3O2/c1-15-13-28(14-17-3-6-19(25)7-4-17)9-10-29(15)23(31)8-5-18-11-21(26)20(24)12-22(18)27-16(2)30/h3-8,11-12,15H,9-10,13-14H2,1-2H3,(H,27,30)/t15-/m1/s1. The van der Waals surface area contributed by atoms with Crippen molar-refractivity contribution in [3.8, 4) is 0 Å². The van der Waals surface area contributed by atoms with Gasteiger partial charge in [0, 0.05) is 56.5 Å². The average molecular weight is 448 g/mol. The third-order valence-corrected chi connectivity index (χ3v) is 5.41. The third-order valence-electron chi connectivity index (χ3n) is 5.12. The molecule has 1 aliphatic heterocycles. The maximum Gasteiger partial charge on any atom is 0.246 e. The molecule has 0 aromatic heterocycles. The van der Waals surface area contributed by atoms with Crippen molar-refractivity contribution in [2.45, 2.75) is 26.4 Å². The molecule has 0 radical (unpaired) electrons. The summed E-state index contributed by atoms with van der Waals surface area (Å²) < 4.78 is 27.0. The van der Waals surface area contributed by atoms with Gasteiger partial charge in [0.05, 0.1) is 5.02 Å². The summed E-state index contributed by atoms with van der Waals surface area (Å²) in [6.07, 6.45) is 2.85. The SMILES string of the molecule is CC(=O)Nc1cc(Cl)c(F)cc1C=CC(=O)N1CCN(Cc2ccc(F)cc2)C[C@H]1C. The molecule has 2 amide bonds. The van der Waals surface area contributed by atoms with E-state index in [4.69, 9.17) is 11.6 Å². The molecule has 1 fully saturated rings. The van der Waals surface area contributed by atoms with Gasteiger partial charge in [-0.2, -0.15) is 0 Å². The zero-order valence-corrected chi connectivity index (χ0v) is 18.1. The van der Waals surface area contributed by atoms with Crippen LogP contribution in [-0.4, -0.2) is 47.3 Å². The summed E-state index contributed by atoms with van der Waals surface area (Å²) in [6.45, 7) is 5.90. The monoisotopic (exact) mass is 447 g/mol. The highest BCUT2D eigenvalue weighted by atomic mass is 35.5. The lowest BCUT2D eigenvalue weighted by Gasteiger charge is -2.39. The van der Waals surface area contributed by atoms with E-state index in [2.05, 4.69) is 10.2 Å². The fourth-order valence-electron chi connectivity index (χ4n) is 3.61. The number of nitrogens with one attached hydrogen (secondary N) is 1. The van der Waals surface area contributed by atoms with Crippen molar-refractivity contribution in [3.05, 3.63) is 70.3 Å². The van der Waals surface area contributed by atoms with E-state index in [-0.39, 0.29) is 28.7 Å². The molecule has 0 saturated carbocycles. The maximum atomic E-state index is 13.9. The van der Waals surface area contributed by atoms with Gasteiger partial charge in [0.1, 0.15) is 11.6 Å². The van der Waals surface area contributed by atoms with Gasteiger partial charge in [-0.25, -0.2) is 8.78 Å². The first kappa shape index (κ1) is 22.9. The highest BCUT2D eigenvalue weighted by Gasteiger charge is 2.26. The number of benzene rings is 2. The number of nitrogens with zero attached hydrogens (tertiary/aromatic N) is 2. The van der Waals surface area contributed by atoms with Gasteiger partial charge in [0.25, 0.3) is 0 Å². The molecule has 0 aliphatic carbocycles. The second kappa shape index (κ2) is 10.0. The smallest absolute Gasteiger partial charge is 0.246 e. The van der Waals surface area contributed by atoms with E-state index < -0.39 is 5.82 Å². The first-order chi connectivity index (χ1) is 14.7. The summed E-state index contributed by atoms with van der Waals surface area (Å²) in [5.41, 5.74) is 1.71. The molecule has 2 aromatic rings. The number of piperazine rings is 1. The predicted octanol–water partition coefficient (Wildman–Crippen LogP) is 4.32. The van der Waals surface area contributed by atoms with Crippen molar-refractivity contribution in [2.75, 3.05) is 25.0 Å². The van der Waals surface area contributed by atoms with Crippen LogP contribution in [0.15, 0.2) is 42.5 Å². The minimum absolute atomic E-state index is 0.0249. The van der Waals surface area contributed by atoms with Gasteiger partial charge in [-0.1, -0.05) is 23.7 Å². The summed E-state index contributed by atoms with van der Waals surface area (Å²) >= 11 is 5.80. The Bertz CT molecular complexity index is 995. The van der Waals surface area contributed by atoms with Crippen LogP contribution in [0.5, 0.6) is 0 Å². The Morgan fingerprint density at radius 2 is 1.90 bits per heavy atom. The molecule has 1 saturated heterocycles. The van der Waals surface area contributed by atoms with Crippen LogP contribution in [0, 0.1) is 11.6 Å². The van der Waals surface area contributed by atoms with Crippen LogP contribution >= 0.6 is 11.6 Å². The number of halogens is 3. The number of amides is 2. The molecule has 31 heavy (non-hydrogen) atoms. The van der Waals surface area contributed by atoms with E-state index in [1.165, 1.54) is 43.3 Å². The van der Waals surface area contributed by atoms with Crippen molar-refractivity contribution >= 4 is 35.2 Å². The Balaban J connectivity index is 1.65. The number of carbonyl (C=O) groups is 2. The molecule has 0 spiro atoms. The molecule has 164 valence electrons. The summed E-state index contributed by atoms with van der Waals surface area (Å²) in [5, 5.41) is 2.48. The van der Waals surface area contributed by atoms with Crippen molar-refractivity contribution in [3.63, 3.8) is 0 Å². The van der Waals surface area contributed by atoms with Crippen LogP contribution in [0.1, 0.15) is 25.0 Å². The molecular formula is C23H24ClF2N3O2. The largest absolute Gasteiger partial charge is 0.334 e. The molecule has 5 nitrogen and oxygen atoms in total. The van der Waals surface area contributed by atoms with E-state index in [1.807, 2.05) is 6.92 Å². The van der Waals surface area contributed by atoms with Crippen LogP contribution in [0.25, 0.3) is 6.08 Å². The van der Waals surface area contributed by atoms with E-state index in [0.29, 0.717) is 37.4 Å². The maximum absolute atomic E-state index is 13.9. The Morgan fingerprint density at radius 1 is 1.19 bits per heavy atom. The number of carbonyl (C=O) groups excluding carboxylic acids is 2. The van der Waals surface area contributed by atoms with Crippen molar-refractivity contribution in [2.24, 2.45) is 0 Å². The first-order valence-corrected chi connectivity index (χ1v) is 10.3. The Morgan fingerprint density at radius 3 is 2.55 bits per heavy atom. The number of hydrogen-bond acceptors (Lipinski definition) is 3. The van der Waals surface area contributed by atoms with Crippen molar-refractivity contribution in [1.82, 2.24) is 9.80 Å². The van der Waals surface area contributed by atoms with Crippen molar-refractivity contribution < 1.29 is 18.4 Å². The molecular weight excluding hydrogens is 424 g/mol. The van der Waals surface area contributed by atoms with Gasteiger partial charge in [-0.3, -0.25) is 14.5 Å². The highest BCUT2D eigenvalue weighted by molar-refractivity contribution is 6.31. The van der Waals surface area contributed by atoms with Gasteiger partial charge in [-0.05, 0) is 42.8 Å². The molecule has 1 N–H and O–H groups in total. The van der Waals surface area contributed by atoms with Crippen LogP contribution < -0.4 is 5.32 Å². The van der Waals surface area contributed by atoms with Gasteiger partial charge in [0.2, 0.25) is 11.8 Å². The highest BCUT2D eigenvalue weighted by Crippen LogP contribution is 2.26. The fraction of sp³-hybridized carbons (Fsp3) is 0.304. The molecule has 3 rings (SSSR count). The first-order valence-electron chi connectivity index (χ1n) is 9.95. The lowest BCUT2D eigenvalue weighted by Crippen LogP contribution is -2.53. The number of hydrogen-bond donors (Lipinski definition) is 1. The predicted molar refractivity (Wildman–Crippen MR) is 118 cm³/mol. The second-order valence-electron chi connectivity index (χ2n) is 7.61. The lowest BCUT2D eigenvalue weighted by molar-refractivity contribution is -0.130. The van der Waals surface area contributed by atoms with Gasteiger partial charge >= 0.3 is 0 Å². The van der Waals surface area contributed by atoms with Gasteiger partial charge in [-0.15, -0.1) is 0 Å². The molecule has 1 heterocycles. The quantitative estimate of drug-likeness (QED) is 0.694. The minimum atomic E-state index is -0.634. The molecule has 8 heteroatoms. The molecule has 1 aliphatic rings. The zero-order valence-electron chi connectivity index (χ0n) is 17.4. The molecule has 0 unspecified atom stereocenters. The van der Waals surface area contributed by atoms with Gasteiger partial charge in [0.15, 0.2) is 0 Å².